The lowest BCUT2D eigenvalue weighted by molar-refractivity contribution is 0.102. The van der Waals surface area contributed by atoms with Crippen molar-refractivity contribution in [3.05, 3.63) is 57.2 Å². The first-order chi connectivity index (χ1) is 8.97. The van der Waals surface area contributed by atoms with Gasteiger partial charge in [-0.15, -0.1) is 0 Å². The number of nitrogen functional groups attached to an aromatic ring is 1. The summed E-state index contributed by atoms with van der Waals surface area (Å²) in [7, 11) is 0. The van der Waals surface area contributed by atoms with E-state index in [0.29, 0.717) is 5.69 Å². The van der Waals surface area contributed by atoms with Crippen LogP contribution in [0.3, 0.4) is 0 Å². The van der Waals surface area contributed by atoms with Crippen LogP contribution in [0.15, 0.2) is 36.4 Å². The second-order valence-electron chi connectivity index (χ2n) is 3.81. The third-order valence-electron chi connectivity index (χ3n) is 2.44. The number of benzene rings is 2. The van der Waals surface area contributed by atoms with Gasteiger partial charge >= 0.3 is 0 Å². The largest absolute Gasteiger partial charge is 0.394 e. The summed E-state index contributed by atoms with van der Waals surface area (Å²) in [5.74, 6) is -2.50. The van der Waals surface area contributed by atoms with Crippen LogP contribution >= 0.6 is 22.6 Å². The Bertz CT molecular complexity index is 606. The number of nitrogens with two attached hydrogens (primary N) is 1. The molecule has 0 unspecified atom stereocenters. The molecule has 0 atom stereocenters. The van der Waals surface area contributed by atoms with E-state index in [-0.39, 0.29) is 5.56 Å². The van der Waals surface area contributed by atoms with Gasteiger partial charge in [0.2, 0.25) is 0 Å². The molecule has 0 heterocycles. The van der Waals surface area contributed by atoms with Gasteiger partial charge in [0.1, 0.15) is 17.3 Å². The highest BCUT2D eigenvalue weighted by atomic mass is 127. The third-order valence-corrected chi connectivity index (χ3v) is 3.16. The SMILES string of the molecule is Nc1c(F)cc(C(=O)Nc2ccc(I)cc2)cc1F. The topological polar surface area (TPSA) is 55.1 Å². The first kappa shape index (κ1) is 13.7. The second kappa shape index (κ2) is 5.52. The molecule has 0 fully saturated rings. The zero-order chi connectivity index (χ0) is 14.0. The van der Waals surface area contributed by atoms with Gasteiger partial charge < -0.3 is 11.1 Å². The normalized spacial score (nSPS) is 10.3. The van der Waals surface area contributed by atoms with E-state index < -0.39 is 23.2 Å². The maximum absolute atomic E-state index is 13.2. The van der Waals surface area contributed by atoms with Gasteiger partial charge in [-0.1, -0.05) is 0 Å². The van der Waals surface area contributed by atoms with Crippen molar-refractivity contribution in [3.63, 3.8) is 0 Å². The molecule has 98 valence electrons. The molecule has 1 amide bonds. The molecule has 0 aliphatic heterocycles. The molecule has 0 aliphatic rings. The summed E-state index contributed by atoms with van der Waals surface area (Å²) in [6.45, 7) is 0. The molecule has 3 N–H and O–H groups in total. The van der Waals surface area contributed by atoms with Crippen molar-refractivity contribution in [3.8, 4) is 0 Å². The Morgan fingerprint density at radius 2 is 1.63 bits per heavy atom. The Labute approximate surface area is 121 Å². The zero-order valence-electron chi connectivity index (χ0n) is 9.58. The van der Waals surface area contributed by atoms with Gasteiger partial charge in [0.15, 0.2) is 0 Å². The molecule has 0 bridgehead atoms. The van der Waals surface area contributed by atoms with Crippen molar-refractivity contribution in [2.75, 3.05) is 11.1 Å². The van der Waals surface area contributed by atoms with E-state index in [9.17, 15) is 13.6 Å². The molecular formula is C13H9F2IN2O. The lowest BCUT2D eigenvalue weighted by atomic mass is 10.1. The van der Waals surface area contributed by atoms with Crippen LogP contribution in [-0.4, -0.2) is 5.91 Å². The Balaban J connectivity index is 2.23. The van der Waals surface area contributed by atoms with Crippen molar-refractivity contribution in [1.82, 2.24) is 0 Å². The summed E-state index contributed by atoms with van der Waals surface area (Å²) in [4.78, 5) is 11.8. The molecule has 2 aromatic rings. The molecule has 3 nitrogen and oxygen atoms in total. The van der Waals surface area contributed by atoms with Gasteiger partial charge in [0.25, 0.3) is 5.91 Å². The number of carbonyl (C=O) groups excluding carboxylic acids is 1. The predicted octanol–water partition coefficient (Wildman–Crippen LogP) is 3.40. The highest BCUT2D eigenvalue weighted by Crippen LogP contribution is 2.18. The van der Waals surface area contributed by atoms with E-state index in [1.54, 1.807) is 24.3 Å². The van der Waals surface area contributed by atoms with Crippen LogP contribution in [0.2, 0.25) is 0 Å². The summed E-state index contributed by atoms with van der Waals surface area (Å²) in [5.41, 5.74) is 4.97. The molecule has 19 heavy (non-hydrogen) atoms. The van der Waals surface area contributed by atoms with Crippen LogP contribution in [0.25, 0.3) is 0 Å². The van der Waals surface area contributed by atoms with Crippen LogP contribution in [0.5, 0.6) is 0 Å². The fourth-order valence-corrected chi connectivity index (χ4v) is 1.81. The average molecular weight is 374 g/mol. The van der Waals surface area contributed by atoms with Crippen molar-refractivity contribution < 1.29 is 13.6 Å². The summed E-state index contributed by atoms with van der Waals surface area (Å²) in [6.07, 6.45) is 0. The van der Waals surface area contributed by atoms with Crippen molar-refractivity contribution in [2.45, 2.75) is 0 Å². The first-order valence-electron chi connectivity index (χ1n) is 5.29. The Hall–Kier alpha value is -1.70. The summed E-state index contributed by atoms with van der Waals surface area (Å²) in [6, 6.07) is 8.81. The lowest BCUT2D eigenvalue weighted by Crippen LogP contribution is -2.13. The monoisotopic (exact) mass is 374 g/mol. The molecule has 0 spiro atoms. The minimum absolute atomic E-state index is 0.122. The Morgan fingerprint density at radius 1 is 1.11 bits per heavy atom. The van der Waals surface area contributed by atoms with E-state index in [1.165, 1.54) is 0 Å². The number of amides is 1. The van der Waals surface area contributed by atoms with E-state index in [2.05, 4.69) is 27.9 Å². The molecule has 2 aromatic carbocycles. The number of carbonyl (C=O) groups is 1. The van der Waals surface area contributed by atoms with Crippen molar-refractivity contribution in [1.29, 1.82) is 0 Å². The molecule has 2 rings (SSSR count). The van der Waals surface area contributed by atoms with Crippen LogP contribution in [-0.2, 0) is 0 Å². The maximum atomic E-state index is 13.2. The highest BCUT2D eigenvalue weighted by Gasteiger charge is 2.13. The summed E-state index contributed by atoms with van der Waals surface area (Å²) in [5, 5.41) is 2.54. The van der Waals surface area contributed by atoms with E-state index >= 15 is 0 Å². The number of anilines is 2. The molecule has 0 radical (unpaired) electrons. The number of hydrogen-bond acceptors (Lipinski definition) is 2. The van der Waals surface area contributed by atoms with Crippen LogP contribution in [0, 0.1) is 15.2 Å². The number of halogens is 3. The maximum Gasteiger partial charge on any atom is 0.255 e. The standard InChI is InChI=1S/C13H9F2IN2O/c14-10-5-7(6-11(15)12(10)17)13(19)18-9-3-1-8(16)2-4-9/h1-6H,17H2,(H,18,19). The smallest absolute Gasteiger partial charge is 0.255 e. The fourth-order valence-electron chi connectivity index (χ4n) is 1.45. The van der Waals surface area contributed by atoms with E-state index in [4.69, 9.17) is 5.73 Å². The van der Waals surface area contributed by atoms with Gasteiger partial charge in [-0.25, -0.2) is 8.78 Å². The lowest BCUT2D eigenvalue weighted by Gasteiger charge is -2.07. The van der Waals surface area contributed by atoms with Crippen LogP contribution < -0.4 is 11.1 Å². The second-order valence-corrected chi connectivity index (χ2v) is 5.06. The highest BCUT2D eigenvalue weighted by molar-refractivity contribution is 14.1. The first-order valence-corrected chi connectivity index (χ1v) is 6.36. The number of hydrogen-bond donors (Lipinski definition) is 2. The zero-order valence-corrected chi connectivity index (χ0v) is 11.7. The molecule has 0 aromatic heterocycles. The van der Waals surface area contributed by atoms with E-state index in [1.807, 2.05) is 0 Å². The molecule has 0 saturated heterocycles. The van der Waals surface area contributed by atoms with Gasteiger partial charge in [0, 0.05) is 14.8 Å². The molecular weight excluding hydrogens is 365 g/mol. The predicted molar refractivity (Wildman–Crippen MR) is 77.9 cm³/mol. The van der Waals surface area contributed by atoms with Gasteiger partial charge in [0.05, 0.1) is 0 Å². The number of rotatable bonds is 2. The van der Waals surface area contributed by atoms with Crippen molar-refractivity contribution in [2.24, 2.45) is 0 Å². The molecule has 0 aliphatic carbocycles. The third kappa shape index (κ3) is 3.19. The van der Waals surface area contributed by atoms with E-state index in [0.717, 1.165) is 15.7 Å². The molecule has 6 heteroatoms. The summed E-state index contributed by atoms with van der Waals surface area (Å²) >= 11 is 2.13. The average Bonchev–Trinajstić information content (AvgIpc) is 2.38. The fraction of sp³-hybridized carbons (Fsp3) is 0. The van der Waals surface area contributed by atoms with Crippen LogP contribution in [0.1, 0.15) is 10.4 Å². The quantitative estimate of drug-likeness (QED) is 0.626. The molecule has 0 saturated carbocycles. The van der Waals surface area contributed by atoms with Gasteiger partial charge in [-0.05, 0) is 59.0 Å². The van der Waals surface area contributed by atoms with Gasteiger partial charge in [-0.3, -0.25) is 4.79 Å². The summed E-state index contributed by atoms with van der Waals surface area (Å²) < 4.78 is 27.5. The van der Waals surface area contributed by atoms with Crippen molar-refractivity contribution >= 4 is 39.9 Å². The van der Waals surface area contributed by atoms with Crippen LogP contribution in [0.4, 0.5) is 20.2 Å². The number of nitrogens with one attached hydrogen (secondary N) is 1. The minimum Gasteiger partial charge on any atom is -0.394 e. The Morgan fingerprint density at radius 3 is 2.16 bits per heavy atom. The minimum atomic E-state index is -0.951. The van der Waals surface area contributed by atoms with Gasteiger partial charge in [-0.2, -0.15) is 0 Å². The Kier molecular flexibility index (Phi) is 3.98.